The van der Waals surface area contributed by atoms with Gasteiger partial charge in [0.1, 0.15) is 5.75 Å². The lowest BCUT2D eigenvalue weighted by atomic mass is 9.59. The molecule has 1 fully saturated rings. The Bertz CT molecular complexity index is 1540. The maximum atomic E-state index is 13.9. The zero-order chi connectivity index (χ0) is 27.4. The van der Waals surface area contributed by atoms with Crippen LogP contribution in [0.1, 0.15) is 42.4 Å². The van der Waals surface area contributed by atoms with E-state index in [0.29, 0.717) is 40.7 Å². The lowest BCUT2D eigenvalue weighted by Gasteiger charge is -2.42. The van der Waals surface area contributed by atoms with Crippen molar-refractivity contribution < 1.29 is 24.3 Å². The molecule has 2 aromatic carbocycles. The summed E-state index contributed by atoms with van der Waals surface area (Å²) < 4.78 is 0. The number of phenols is 1. The van der Waals surface area contributed by atoms with Crippen LogP contribution >= 0.6 is 0 Å². The van der Waals surface area contributed by atoms with Crippen molar-refractivity contribution in [2.75, 3.05) is 0 Å². The third kappa shape index (κ3) is 3.85. The van der Waals surface area contributed by atoms with Gasteiger partial charge in [-0.1, -0.05) is 66.3 Å². The molecule has 39 heavy (non-hydrogen) atoms. The minimum Gasteiger partial charge on any atom is -0.507 e. The van der Waals surface area contributed by atoms with E-state index < -0.39 is 23.7 Å². The Kier molecular flexibility index (Phi) is 6.06. The number of hydrogen-bond donors (Lipinski definition) is 1. The Morgan fingerprint density at radius 2 is 1.77 bits per heavy atom. The highest BCUT2D eigenvalue weighted by atomic mass is 16.3. The molecule has 1 N–H and O–H groups in total. The van der Waals surface area contributed by atoms with E-state index in [1.165, 1.54) is 11.0 Å². The SMILES string of the molecule is C=CCc1cccc(C2C3=CCC4C(=O)N(Cc5ccccc5)C(=O)C4C3CC3=C2C(=O)C=C(C)C3=O)c1O. The number of imide groups is 1. The molecule has 4 aliphatic rings. The molecule has 6 rings (SSSR count). The minimum absolute atomic E-state index is 0.0592. The molecule has 196 valence electrons. The van der Waals surface area contributed by atoms with Gasteiger partial charge < -0.3 is 5.11 Å². The number of benzene rings is 2. The van der Waals surface area contributed by atoms with E-state index in [4.69, 9.17) is 0 Å². The zero-order valence-corrected chi connectivity index (χ0v) is 21.7. The van der Waals surface area contributed by atoms with Crippen LogP contribution in [0, 0.1) is 17.8 Å². The minimum atomic E-state index is -0.670. The molecule has 2 aromatic rings. The fourth-order valence-corrected chi connectivity index (χ4v) is 6.89. The van der Waals surface area contributed by atoms with Crippen molar-refractivity contribution in [3.8, 4) is 5.75 Å². The van der Waals surface area contributed by atoms with Crippen LogP contribution in [0.5, 0.6) is 5.75 Å². The van der Waals surface area contributed by atoms with Crippen molar-refractivity contribution in [3.63, 3.8) is 0 Å². The van der Waals surface area contributed by atoms with Gasteiger partial charge in [-0.2, -0.15) is 0 Å². The monoisotopic (exact) mass is 519 g/mol. The molecule has 6 nitrogen and oxygen atoms in total. The standard InChI is InChI=1S/C33H29NO5/c1-3-8-20-11-7-12-22(31(20)37)27-21-13-14-23-28(24(21)16-25-29(27)26(35)15-18(2)30(25)36)33(39)34(32(23)38)17-19-9-5-4-6-10-19/h3-7,9-13,15,23-24,27-28,37H,1,8,14,16-17H2,2H3. The summed E-state index contributed by atoms with van der Waals surface area (Å²) in [6.07, 6.45) is 6.08. The fourth-order valence-electron chi connectivity index (χ4n) is 6.89. The number of para-hydroxylation sites is 1. The number of carbonyl (C=O) groups is 4. The zero-order valence-electron chi connectivity index (χ0n) is 21.7. The predicted molar refractivity (Wildman–Crippen MR) is 145 cm³/mol. The van der Waals surface area contributed by atoms with Crippen LogP contribution in [0.4, 0.5) is 0 Å². The number of ketones is 2. The van der Waals surface area contributed by atoms with E-state index in [1.54, 1.807) is 25.1 Å². The molecule has 0 spiro atoms. The van der Waals surface area contributed by atoms with Crippen molar-refractivity contribution in [3.05, 3.63) is 112 Å². The van der Waals surface area contributed by atoms with Crippen LogP contribution in [-0.4, -0.2) is 33.4 Å². The average molecular weight is 520 g/mol. The van der Waals surface area contributed by atoms with Gasteiger partial charge in [0.2, 0.25) is 11.8 Å². The molecule has 1 heterocycles. The second-order valence-corrected chi connectivity index (χ2v) is 10.8. The first-order valence-electron chi connectivity index (χ1n) is 13.3. The topological polar surface area (TPSA) is 91.8 Å². The highest BCUT2D eigenvalue weighted by molar-refractivity contribution is 6.23. The van der Waals surface area contributed by atoms with Crippen LogP contribution in [0.3, 0.4) is 0 Å². The lowest BCUT2D eigenvalue weighted by molar-refractivity contribution is -0.140. The smallest absolute Gasteiger partial charge is 0.234 e. The summed E-state index contributed by atoms with van der Waals surface area (Å²) >= 11 is 0. The van der Waals surface area contributed by atoms with Crippen molar-refractivity contribution >= 4 is 23.4 Å². The van der Waals surface area contributed by atoms with Gasteiger partial charge in [-0.3, -0.25) is 24.1 Å². The summed E-state index contributed by atoms with van der Waals surface area (Å²) in [5.41, 5.74) is 4.03. The molecule has 0 bridgehead atoms. The number of rotatable bonds is 5. The Balaban J connectivity index is 1.47. The van der Waals surface area contributed by atoms with E-state index in [9.17, 15) is 24.3 Å². The first kappa shape index (κ1) is 25.0. The normalized spacial score (nSPS) is 26.1. The van der Waals surface area contributed by atoms with Gasteiger partial charge in [-0.15, -0.1) is 6.58 Å². The van der Waals surface area contributed by atoms with Crippen molar-refractivity contribution in [2.24, 2.45) is 17.8 Å². The molecule has 0 radical (unpaired) electrons. The molecule has 1 saturated heterocycles. The number of amides is 2. The molecule has 0 aromatic heterocycles. The van der Waals surface area contributed by atoms with Crippen LogP contribution in [0.15, 0.2) is 95.6 Å². The Morgan fingerprint density at radius 1 is 1.00 bits per heavy atom. The van der Waals surface area contributed by atoms with Gasteiger partial charge in [0, 0.05) is 28.2 Å². The number of aromatic hydroxyl groups is 1. The average Bonchev–Trinajstić information content (AvgIpc) is 3.17. The largest absolute Gasteiger partial charge is 0.507 e. The fraction of sp³-hybridized carbons (Fsp3) is 0.273. The number of phenolic OH excluding ortho intramolecular Hbond substituents is 1. The second-order valence-electron chi connectivity index (χ2n) is 10.8. The van der Waals surface area contributed by atoms with Gasteiger partial charge in [0.05, 0.1) is 18.4 Å². The molecule has 3 aliphatic carbocycles. The third-order valence-electron chi connectivity index (χ3n) is 8.66. The van der Waals surface area contributed by atoms with Gasteiger partial charge in [0.15, 0.2) is 11.6 Å². The molecule has 6 heteroatoms. The number of likely N-dealkylation sites (tertiary alicyclic amines) is 1. The molecular formula is C33H29NO5. The number of hydrogen-bond acceptors (Lipinski definition) is 5. The van der Waals surface area contributed by atoms with Gasteiger partial charge in [-0.25, -0.2) is 0 Å². The third-order valence-corrected chi connectivity index (χ3v) is 8.66. The lowest BCUT2D eigenvalue weighted by Crippen LogP contribution is -2.39. The number of Topliss-reactive ketones (excluding diaryl/α,β-unsaturated/α-hetero) is 1. The maximum absolute atomic E-state index is 13.9. The van der Waals surface area contributed by atoms with Crippen molar-refractivity contribution in [1.29, 1.82) is 0 Å². The second kappa shape index (κ2) is 9.45. The summed E-state index contributed by atoms with van der Waals surface area (Å²) in [5, 5.41) is 11.3. The Hall–Kier alpha value is -4.32. The Labute approximate surface area is 227 Å². The van der Waals surface area contributed by atoms with Crippen LogP contribution in [0.2, 0.25) is 0 Å². The summed E-state index contributed by atoms with van der Waals surface area (Å²) in [6, 6.07) is 14.8. The van der Waals surface area contributed by atoms with E-state index in [0.717, 1.165) is 11.1 Å². The molecule has 4 unspecified atom stereocenters. The van der Waals surface area contributed by atoms with Crippen molar-refractivity contribution in [1.82, 2.24) is 4.90 Å². The number of allylic oxidation sites excluding steroid dienone is 7. The van der Waals surface area contributed by atoms with E-state index >= 15 is 0 Å². The number of fused-ring (bicyclic) bond motifs is 3. The van der Waals surface area contributed by atoms with E-state index in [2.05, 4.69) is 6.58 Å². The molecular weight excluding hydrogens is 490 g/mol. The number of carbonyl (C=O) groups excluding carboxylic acids is 4. The van der Waals surface area contributed by atoms with E-state index in [-0.39, 0.29) is 42.1 Å². The quantitative estimate of drug-likeness (QED) is 0.350. The van der Waals surface area contributed by atoms with Crippen LogP contribution in [-0.2, 0) is 32.1 Å². The molecule has 4 atom stereocenters. The van der Waals surface area contributed by atoms with Gasteiger partial charge in [-0.05, 0) is 49.3 Å². The molecule has 0 saturated carbocycles. The summed E-state index contributed by atoms with van der Waals surface area (Å²) in [4.78, 5) is 55.5. The van der Waals surface area contributed by atoms with Gasteiger partial charge >= 0.3 is 0 Å². The highest BCUT2D eigenvalue weighted by Crippen LogP contribution is 2.56. The first-order chi connectivity index (χ1) is 18.8. The van der Waals surface area contributed by atoms with Crippen LogP contribution in [0.25, 0.3) is 0 Å². The van der Waals surface area contributed by atoms with Crippen LogP contribution < -0.4 is 0 Å². The summed E-state index contributed by atoms with van der Waals surface area (Å²) in [6.45, 7) is 5.61. The first-order valence-corrected chi connectivity index (χ1v) is 13.3. The summed E-state index contributed by atoms with van der Waals surface area (Å²) in [7, 11) is 0. The predicted octanol–water partition coefficient (Wildman–Crippen LogP) is 4.75. The van der Waals surface area contributed by atoms with Gasteiger partial charge in [0.25, 0.3) is 0 Å². The summed E-state index contributed by atoms with van der Waals surface area (Å²) in [5.74, 6) is -3.06. The number of nitrogens with zero attached hydrogens (tertiary/aromatic N) is 1. The van der Waals surface area contributed by atoms with E-state index in [1.807, 2.05) is 42.5 Å². The van der Waals surface area contributed by atoms with Crippen molar-refractivity contribution in [2.45, 2.75) is 38.6 Å². The molecule has 2 amide bonds. The Morgan fingerprint density at radius 3 is 2.51 bits per heavy atom. The molecule has 1 aliphatic heterocycles. The highest BCUT2D eigenvalue weighted by Gasteiger charge is 2.56. The maximum Gasteiger partial charge on any atom is 0.234 e.